The van der Waals surface area contributed by atoms with Gasteiger partial charge in [0.1, 0.15) is 0 Å². The summed E-state index contributed by atoms with van der Waals surface area (Å²) in [5, 5.41) is 8.64. The largest absolute Gasteiger partial charge is 0.481 e. The van der Waals surface area contributed by atoms with Crippen LogP contribution in [0.15, 0.2) is 0 Å². The first kappa shape index (κ1) is 12.2. The molecule has 0 spiro atoms. The maximum Gasteiger partial charge on any atom is 0.320 e. The molecule has 5 nitrogen and oxygen atoms in total. The van der Waals surface area contributed by atoms with Crippen LogP contribution in [0.1, 0.15) is 20.3 Å². The molecule has 0 bridgehead atoms. The van der Waals surface area contributed by atoms with E-state index in [1.807, 2.05) is 4.90 Å². The van der Waals surface area contributed by atoms with Gasteiger partial charge >= 0.3 is 12.0 Å². The van der Waals surface area contributed by atoms with Gasteiger partial charge in [0.05, 0.1) is 6.42 Å². The lowest BCUT2D eigenvalue weighted by Crippen LogP contribution is -2.54. The van der Waals surface area contributed by atoms with Crippen molar-refractivity contribution in [2.75, 3.05) is 26.2 Å². The number of amides is 2. The molecular weight excluding hydrogens is 220 g/mol. The summed E-state index contributed by atoms with van der Waals surface area (Å²) in [6, 6.07) is 0.0860. The summed E-state index contributed by atoms with van der Waals surface area (Å²) in [4.78, 5) is 26.2. The Morgan fingerprint density at radius 1 is 1.06 bits per heavy atom. The second-order valence-electron chi connectivity index (χ2n) is 5.51. The predicted octanol–water partition coefficient (Wildman–Crippen LogP) is 1.10. The topological polar surface area (TPSA) is 60.9 Å². The second kappa shape index (κ2) is 4.55. The van der Waals surface area contributed by atoms with Gasteiger partial charge in [-0.1, -0.05) is 13.8 Å². The summed E-state index contributed by atoms with van der Waals surface area (Å²) in [6.07, 6.45) is 0.177. The van der Waals surface area contributed by atoms with Gasteiger partial charge in [-0.05, 0) is 11.8 Å². The minimum Gasteiger partial charge on any atom is -0.481 e. The number of hydrogen-bond donors (Lipinski definition) is 1. The van der Waals surface area contributed by atoms with Crippen molar-refractivity contribution in [1.82, 2.24) is 9.80 Å². The Balaban J connectivity index is 1.78. The van der Waals surface area contributed by atoms with Crippen molar-refractivity contribution in [2.24, 2.45) is 17.8 Å². The van der Waals surface area contributed by atoms with Gasteiger partial charge in [-0.25, -0.2) is 4.79 Å². The van der Waals surface area contributed by atoms with Gasteiger partial charge in [-0.2, -0.15) is 0 Å². The molecule has 2 amide bonds. The molecule has 0 aromatic carbocycles. The van der Waals surface area contributed by atoms with E-state index in [0.29, 0.717) is 24.9 Å². The first-order chi connectivity index (χ1) is 7.97. The molecule has 2 aliphatic rings. The number of hydrogen-bond acceptors (Lipinski definition) is 2. The summed E-state index contributed by atoms with van der Waals surface area (Å²) >= 11 is 0. The molecule has 0 radical (unpaired) electrons. The van der Waals surface area contributed by atoms with Crippen molar-refractivity contribution in [3.63, 3.8) is 0 Å². The van der Waals surface area contributed by atoms with Gasteiger partial charge in [-0.3, -0.25) is 4.79 Å². The van der Waals surface area contributed by atoms with E-state index in [1.54, 1.807) is 4.90 Å². The number of nitrogens with zero attached hydrogens (tertiary/aromatic N) is 2. The molecule has 5 heteroatoms. The lowest BCUT2D eigenvalue weighted by molar-refractivity contribution is -0.139. The van der Waals surface area contributed by atoms with E-state index in [0.717, 1.165) is 13.1 Å². The van der Waals surface area contributed by atoms with Crippen molar-refractivity contribution in [2.45, 2.75) is 20.3 Å². The summed E-state index contributed by atoms with van der Waals surface area (Å²) in [7, 11) is 0. The van der Waals surface area contributed by atoms with E-state index in [2.05, 4.69) is 13.8 Å². The van der Waals surface area contributed by atoms with E-state index >= 15 is 0 Å². The normalized spacial score (nSPS) is 29.3. The van der Waals surface area contributed by atoms with Crippen LogP contribution in [0.3, 0.4) is 0 Å². The lowest BCUT2D eigenvalue weighted by atomic mass is 9.97. The summed E-state index contributed by atoms with van der Waals surface area (Å²) in [5.41, 5.74) is 0. The Hall–Kier alpha value is -1.26. The molecule has 96 valence electrons. The Morgan fingerprint density at radius 2 is 1.53 bits per heavy atom. The van der Waals surface area contributed by atoms with E-state index in [9.17, 15) is 9.59 Å². The fourth-order valence-electron chi connectivity index (χ4n) is 2.59. The highest BCUT2D eigenvalue weighted by molar-refractivity contribution is 5.76. The third kappa shape index (κ3) is 2.53. The van der Waals surface area contributed by atoms with Crippen molar-refractivity contribution >= 4 is 12.0 Å². The van der Waals surface area contributed by atoms with E-state index in [4.69, 9.17) is 5.11 Å². The number of aliphatic carboxylic acids is 1. The summed E-state index contributed by atoms with van der Waals surface area (Å²) in [5.74, 6) is 0.504. The molecule has 0 aliphatic carbocycles. The van der Waals surface area contributed by atoms with Gasteiger partial charge in [-0.15, -0.1) is 0 Å². The highest BCUT2D eigenvalue weighted by Crippen LogP contribution is 2.26. The second-order valence-corrected chi connectivity index (χ2v) is 5.51. The number of carbonyl (C=O) groups excluding carboxylic acids is 1. The van der Waals surface area contributed by atoms with Gasteiger partial charge < -0.3 is 14.9 Å². The number of likely N-dealkylation sites (tertiary alicyclic amines) is 2. The zero-order valence-corrected chi connectivity index (χ0v) is 10.4. The van der Waals surface area contributed by atoms with Crippen LogP contribution >= 0.6 is 0 Å². The van der Waals surface area contributed by atoms with Crippen LogP contribution in [0.4, 0.5) is 4.79 Å². The smallest absolute Gasteiger partial charge is 0.320 e. The maximum absolute atomic E-state index is 12.1. The Bertz CT molecular complexity index is 316. The van der Waals surface area contributed by atoms with Crippen molar-refractivity contribution in [3.05, 3.63) is 0 Å². The molecule has 1 N–H and O–H groups in total. The highest BCUT2D eigenvalue weighted by atomic mass is 16.4. The van der Waals surface area contributed by atoms with Crippen molar-refractivity contribution < 1.29 is 14.7 Å². The minimum absolute atomic E-state index is 0.0860. The quantitative estimate of drug-likeness (QED) is 0.786. The highest BCUT2D eigenvalue weighted by Gasteiger charge is 2.37. The van der Waals surface area contributed by atoms with Gasteiger partial charge in [0.2, 0.25) is 0 Å². The fraction of sp³-hybridized carbons (Fsp3) is 0.833. The number of carboxylic acids is 1. The summed E-state index contributed by atoms with van der Waals surface area (Å²) in [6.45, 7) is 7.21. The molecule has 0 saturated carbocycles. The number of rotatable bonds is 2. The van der Waals surface area contributed by atoms with Crippen LogP contribution in [0.25, 0.3) is 0 Å². The maximum atomic E-state index is 12.1. The van der Waals surface area contributed by atoms with Crippen LogP contribution in [-0.4, -0.2) is 53.1 Å². The average molecular weight is 240 g/mol. The van der Waals surface area contributed by atoms with Crippen LogP contribution in [0.5, 0.6) is 0 Å². The van der Waals surface area contributed by atoms with Gasteiger partial charge in [0, 0.05) is 32.1 Å². The van der Waals surface area contributed by atoms with Crippen LogP contribution in [0, 0.1) is 17.8 Å². The Morgan fingerprint density at radius 3 is 2.00 bits per heavy atom. The zero-order valence-electron chi connectivity index (χ0n) is 10.4. The van der Waals surface area contributed by atoms with E-state index in [-0.39, 0.29) is 18.4 Å². The van der Waals surface area contributed by atoms with Crippen LogP contribution in [0.2, 0.25) is 0 Å². The van der Waals surface area contributed by atoms with Crippen molar-refractivity contribution in [1.29, 1.82) is 0 Å². The Labute approximate surface area is 101 Å². The molecule has 2 unspecified atom stereocenters. The molecule has 2 atom stereocenters. The molecule has 0 aromatic heterocycles. The third-order valence-electron chi connectivity index (χ3n) is 3.95. The van der Waals surface area contributed by atoms with Crippen LogP contribution < -0.4 is 0 Å². The molecule has 2 heterocycles. The Kier molecular flexibility index (Phi) is 3.26. The average Bonchev–Trinajstić information content (AvgIpc) is 2.51. The third-order valence-corrected chi connectivity index (χ3v) is 3.95. The lowest BCUT2D eigenvalue weighted by Gasteiger charge is -2.40. The first-order valence-corrected chi connectivity index (χ1v) is 6.23. The molecule has 17 heavy (non-hydrogen) atoms. The molecule has 2 aliphatic heterocycles. The standard InChI is InChI=1S/C12H20N2O3/c1-8-4-13(5-9(8)2)12(17)14-6-10(7-14)3-11(15)16/h8-10H,3-7H2,1-2H3,(H,15,16). The monoisotopic (exact) mass is 240 g/mol. The van der Waals surface area contributed by atoms with Crippen LogP contribution in [-0.2, 0) is 4.79 Å². The number of urea groups is 1. The zero-order chi connectivity index (χ0) is 12.6. The summed E-state index contributed by atoms with van der Waals surface area (Å²) < 4.78 is 0. The predicted molar refractivity (Wildman–Crippen MR) is 62.6 cm³/mol. The van der Waals surface area contributed by atoms with Gasteiger partial charge in [0.25, 0.3) is 0 Å². The molecule has 2 fully saturated rings. The molecular formula is C12H20N2O3. The first-order valence-electron chi connectivity index (χ1n) is 6.23. The number of carbonyl (C=O) groups is 2. The minimum atomic E-state index is -0.773. The van der Waals surface area contributed by atoms with Crippen molar-refractivity contribution in [3.8, 4) is 0 Å². The van der Waals surface area contributed by atoms with Gasteiger partial charge in [0.15, 0.2) is 0 Å². The number of carboxylic acid groups (broad SMARTS) is 1. The van der Waals surface area contributed by atoms with E-state index in [1.165, 1.54) is 0 Å². The molecule has 2 rings (SSSR count). The SMILES string of the molecule is CC1CN(C(=O)N2CC(CC(=O)O)C2)CC1C. The van der Waals surface area contributed by atoms with E-state index < -0.39 is 5.97 Å². The fourth-order valence-corrected chi connectivity index (χ4v) is 2.59. The molecule has 2 saturated heterocycles. The molecule has 0 aromatic rings.